The molecule has 76 valence electrons. The van der Waals surface area contributed by atoms with Gasteiger partial charge in [-0.3, -0.25) is 4.79 Å². The highest BCUT2D eigenvalue weighted by molar-refractivity contribution is 5.83. The average Bonchev–Trinajstić information content (AvgIpc) is 2.48. The first kappa shape index (κ1) is 10.5. The van der Waals surface area contributed by atoms with Crippen molar-refractivity contribution in [3.05, 3.63) is 0 Å². The maximum absolute atomic E-state index is 11.5. The molecular weight excluding hydrogens is 168 g/mol. The molecule has 13 heavy (non-hydrogen) atoms. The van der Waals surface area contributed by atoms with E-state index in [2.05, 4.69) is 5.32 Å². The number of rotatable bonds is 4. The van der Waals surface area contributed by atoms with Gasteiger partial charge < -0.3 is 15.3 Å². The molecule has 0 saturated carbocycles. The molecule has 2 N–H and O–H groups in total. The van der Waals surface area contributed by atoms with Gasteiger partial charge in [0.25, 0.3) is 0 Å². The van der Waals surface area contributed by atoms with Crippen molar-refractivity contribution in [2.45, 2.75) is 31.9 Å². The van der Waals surface area contributed by atoms with Crippen molar-refractivity contribution >= 4 is 5.91 Å². The van der Waals surface area contributed by atoms with Crippen molar-refractivity contribution in [2.24, 2.45) is 0 Å². The third kappa shape index (κ3) is 2.42. The number of aliphatic hydroxyl groups excluding tert-OH is 1. The zero-order chi connectivity index (χ0) is 9.84. The van der Waals surface area contributed by atoms with E-state index in [0.29, 0.717) is 13.0 Å². The summed E-state index contributed by atoms with van der Waals surface area (Å²) in [4.78, 5) is 13.3. The van der Waals surface area contributed by atoms with Crippen molar-refractivity contribution in [1.82, 2.24) is 10.2 Å². The minimum Gasteiger partial charge on any atom is -0.391 e. The normalized spacial score (nSPS) is 25.3. The number of aliphatic hydroxyl groups is 1. The predicted octanol–water partition coefficient (Wildman–Crippen LogP) is -0.422. The maximum Gasteiger partial charge on any atom is 0.239 e. The van der Waals surface area contributed by atoms with Gasteiger partial charge in [-0.1, -0.05) is 6.92 Å². The molecule has 0 spiro atoms. The van der Waals surface area contributed by atoms with Gasteiger partial charge in [-0.05, 0) is 19.9 Å². The van der Waals surface area contributed by atoms with Crippen LogP contribution in [0, 0.1) is 0 Å². The lowest BCUT2D eigenvalue weighted by atomic mass is 10.2. The van der Waals surface area contributed by atoms with Crippen LogP contribution in [0.4, 0.5) is 0 Å². The van der Waals surface area contributed by atoms with Gasteiger partial charge in [0.15, 0.2) is 0 Å². The van der Waals surface area contributed by atoms with Gasteiger partial charge in [0, 0.05) is 13.1 Å². The van der Waals surface area contributed by atoms with E-state index < -0.39 is 0 Å². The Labute approximate surface area is 78.9 Å². The Morgan fingerprint density at radius 2 is 2.46 bits per heavy atom. The number of hydrogen-bond acceptors (Lipinski definition) is 3. The molecule has 0 bridgehead atoms. The van der Waals surface area contributed by atoms with Crippen LogP contribution in [-0.2, 0) is 4.79 Å². The Morgan fingerprint density at radius 1 is 1.77 bits per heavy atom. The number of amides is 1. The first-order chi connectivity index (χ1) is 6.19. The fourth-order valence-electron chi connectivity index (χ4n) is 1.57. The van der Waals surface area contributed by atoms with Crippen LogP contribution in [-0.4, -0.2) is 48.2 Å². The fourth-order valence-corrected chi connectivity index (χ4v) is 1.57. The summed E-state index contributed by atoms with van der Waals surface area (Å²) in [6.07, 6.45) is 1.18. The summed E-state index contributed by atoms with van der Waals surface area (Å²) in [6.45, 7) is 3.16. The molecule has 0 aromatic rings. The van der Waals surface area contributed by atoms with Crippen LogP contribution < -0.4 is 5.32 Å². The second-order valence-corrected chi connectivity index (χ2v) is 3.48. The molecular formula is C9H18N2O2. The van der Waals surface area contributed by atoms with Gasteiger partial charge in [-0.25, -0.2) is 0 Å². The van der Waals surface area contributed by atoms with Crippen LogP contribution in [0.25, 0.3) is 0 Å². The average molecular weight is 186 g/mol. The minimum atomic E-state index is -0.375. The minimum absolute atomic E-state index is 0.0379. The summed E-state index contributed by atoms with van der Waals surface area (Å²) in [5.41, 5.74) is 0. The number of β-amino-alcohol motifs (C(OH)–C–C–N with tert-alkyl or cyclic N) is 1. The Hall–Kier alpha value is -0.610. The zero-order valence-corrected chi connectivity index (χ0v) is 8.29. The number of nitrogens with zero attached hydrogens (tertiary/aromatic N) is 1. The molecule has 1 heterocycles. The lowest BCUT2D eigenvalue weighted by Crippen LogP contribution is -2.39. The molecule has 1 aliphatic heterocycles. The molecule has 0 aromatic carbocycles. The molecule has 1 rings (SSSR count). The quantitative estimate of drug-likeness (QED) is 0.627. The summed E-state index contributed by atoms with van der Waals surface area (Å²) in [7, 11) is 1.79. The van der Waals surface area contributed by atoms with Gasteiger partial charge in [0.1, 0.15) is 0 Å². The molecule has 1 saturated heterocycles. The third-order valence-corrected chi connectivity index (χ3v) is 2.55. The lowest BCUT2D eigenvalue weighted by Gasteiger charge is -2.19. The van der Waals surface area contributed by atoms with Crippen molar-refractivity contribution in [3.63, 3.8) is 0 Å². The van der Waals surface area contributed by atoms with Gasteiger partial charge in [-0.2, -0.15) is 0 Å². The molecule has 1 fully saturated rings. The highest BCUT2D eigenvalue weighted by Crippen LogP contribution is 2.11. The highest BCUT2D eigenvalue weighted by Gasteiger charge is 2.30. The molecule has 2 unspecified atom stereocenters. The largest absolute Gasteiger partial charge is 0.391 e. The van der Waals surface area contributed by atoms with E-state index in [-0.39, 0.29) is 18.1 Å². The maximum atomic E-state index is 11.5. The van der Waals surface area contributed by atoms with Gasteiger partial charge in [0.05, 0.1) is 12.1 Å². The van der Waals surface area contributed by atoms with Crippen LogP contribution in [0.15, 0.2) is 0 Å². The number of likely N-dealkylation sites (tertiary alicyclic amines) is 1. The Morgan fingerprint density at radius 3 is 2.92 bits per heavy atom. The topological polar surface area (TPSA) is 52.6 Å². The molecule has 0 aliphatic carbocycles. The number of carbonyl (C=O) groups excluding carboxylic acids is 1. The number of carbonyl (C=O) groups is 1. The third-order valence-electron chi connectivity index (χ3n) is 2.55. The first-order valence-corrected chi connectivity index (χ1v) is 4.83. The number of hydrogen-bond donors (Lipinski definition) is 2. The highest BCUT2D eigenvalue weighted by atomic mass is 16.3. The van der Waals surface area contributed by atoms with E-state index in [0.717, 1.165) is 13.0 Å². The summed E-state index contributed by atoms with van der Waals surface area (Å²) in [5.74, 6) is 0.120. The number of likely N-dealkylation sites (N-methyl/N-ethyl adjacent to an activating group) is 1. The van der Waals surface area contributed by atoms with E-state index in [9.17, 15) is 9.90 Å². The lowest BCUT2D eigenvalue weighted by molar-refractivity contribution is -0.130. The van der Waals surface area contributed by atoms with Crippen LogP contribution in [0.1, 0.15) is 19.8 Å². The van der Waals surface area contributed by atoms with E-state index in [1.807, 2.05) is 6.92 Å². The van der Waals surface area contributed by atoms with E-state index in [4.69, 9.17) is 0 Å². The molecule has 0 aromatic heterocycles. The second kappa shape index (κ2) is 4.58. The summed E-state index contributed by atoms with van der Waals surface area (Å²) < 4.78 is 0. The van der Waals surface area contributed by atoms with E-state index in [1.165, 1.54) is 0 Å². The molecule has 1 aliphatic rings. The number of nitrogens with one attached hydrogen (secondary N) is 1. The van der Waals surface area contributed by atoms with Crippen molar-refractivity contribution in [1.29, 1.82) is 0 Å². The SMILES string of the molecule is CCC(O)CN1CCC(NC)C1=O. The molecule has 2 atom stereocenters. The van der Waals surface area contributed by atoms with Crippen LogP contribution in [0.3, 0.4) is 0 Å². The van der Waals surface area contributed by atoms with E-state index >= 15 is 0 Å². The fraction of sp³-hybridized carbons (Fsp3) is 0.889. The Balaban J connectivity index is 2.41. The Kier molecular flexibility index (Phi) is 3.69. The van der Waals surface area contributed by atoms with Crippen LogP contribution in [0.2, 0.25) is 0 Å². The molecule has 1 amide bonds. The Bertz CT molecular complexity index is 184. The summed E-state index contributed by atoms with van der Waals surface area (Å²) in [6, 6.07) is -0.0379. The van der Waals surface area contributed by atoms with Crippen molar-refractivity contribution in [2.75, 3.05) is 20.1 Å². The first-order valence-electron chi connectivity index (χ1n) is 4.83. The monoisotopic (exact) mass is 186 g/mol. The smallest absolute Gasteiger partial charge is 0.239 e. The summed E-state index contributed by atoms with van der Waals surface area (Å²) in [5, 5.41) is 12.3. The standard InChI is InChI=1S/C9H18N2O2/c1-3-7(12)6-11-5-4-8(10-2)9(11)13/h7-8,10,12H,3-6H2,1-2H3. The second-order valence-electron chi connectivity index (χ2n) is 3.48. The van der Waals surface area contributed by atoms with Crippen LogP contribution in [0.5, 0.6) is 0 Å². The molecule has 4 heteroatoms. The predicted molar refractivity (Wildman–Crippen MR) is 50.3 cm³/mol. The van der Waals surface area contributed by atoms with E-state index in [1.54, 1.807) is 11.9 Å². The van der Waals surface area contributed by atoms with Gasteiger partial charge >= 0.3 is 0 Å². The zero-order valence-electron chi connectivity index (χ0n) is 8.29. The van der Waals surface area contributed by atoms with Crippen LogP contribution >= 0.6 is 0 Å². The summed E-state index contributed by atoms with van der Waals surface area (Å²) >= 11 is 0. The molecule has 0 radical (unpaired) electrons. The van der Waals surface area contributed by atoms with Crippen molar-refractivity contribution < 1.29 is 9.90 Å². The van der Waals surface area contributed by atoms with Crippen molar-refractivity contribution in [3.8, 4) is 0 Å². The van der Waals surface area contributed by atoms with Gasteiger partial charge in [0.2, 0.25) is 5.91 Å². The van der Waals surface area contributed by atoms with Gasteiger partial charge in [-0.15, -0.1) is 0 Å². The molecule has 4 nitrogen and oxygen atoms in total.